The van der Waals surface area contributed by atoms with Gasteiger partial charge in [-0.05, 0) is 18.2 Å². The maximum atomic E-state index is 12.3. The number of benzene rings is 1. The van der Waals surface area contributed by atoms with Gasteiger partial charge in [0.15, 0.2) is 0 Å². The first kappa shape index (κ1) is 17.4. The molecule has 2 rings (SSSR count). The molecule has 0 aliphatic heterocycles. The molecule has 0 unspecified atom stereocenters. The largest absolute Gasteiger partial charge is 0.495 e. The normalized spacial score (nSPS) is 10.5. The minimum absolute atomic E-state index is 0.0229. The summed E-state index contributed by atoms with van der Waals surface area (Å²) in [7, 11) is 1.46. The van der Waals surface area contributed by atoms with Crippen molar-refractivity contribution in [3.8, 4) is 5.75 Å². The number of methoxy groups -OCH3 is 1. The lowest BCUT2D eigenvalue weighted by atomic mass is 10.2. The van der Waals surface area contributed by atoms with Gasteiger partial charge in [0.2, 0.25) is 0 Å². The molecule has 1 amide bonds. The van der Waals surface area contributed by atoms with Crippen LogP contribution in [0.25, 0.3) is 0 Å². The summed E-state index contributed by atoms with van der Waals surface area (Å²) in [6, 6.07) is 4.75. The van der Waals surface area contributed by atoms with Crippen molar-refractivity contribution in [2.24, 2.45) is 0 Å². The molecule has 0 spiro atoms. The van der Waals surface area contributed by atoms with Gasteiger partial charge in [-0.25, -0.2) is 4.98 Å². The molecule has 1 aromatic heterocycles. The Hall–Kier alpha value is -0.910. The van der Waals surface area contributed by atoms with Crippen LogP contribution in [0.3, 0.4) is 0 Å². The number of nitrogens with zero attached hydrogens (tertiary/aromatic N) is 1. The van der Waals surface area contributed by atoms with E-state index in [1.54, 1.807) is 12.1 Å². The van der Waals surface area contributed by atoms with Crippen molar-refractivity contribution >= 4 is 69.6 Å². The van der Waals surface area contributed by atoms with E-state index >= 15 is 0 Å². The molecular formula is C13H7Cl5N2O2. The van der Waals surface area contributed by atoms with Crippen LogP contribution in [-0.2, 0) is 0 Å². The van der Waals surface area contributed by atoms with Gasteiger partial charge < -0.3 is 10.1 Å². The number of hydrogen-bond donors (Lipinski definition) is 1. The van der Waals surface area contributed by atoms with E-state index in [1.807, 2.05) is 0 Å². The van der Waals surface area contributed by atoms with Crippen LogP contribution in [0.4, 0.5) is 5.69 Å². The Balaban J connectivity index is 2.40. The minimum atomic E-state index is -0.633. The van der Waals surface area contributed by atoms with E-state index in [0.717, 1.165) is 0 Å². The third kappa shape index (κ3) is 3.53. The standard InChI is InChI=1S/C13H7Cl5N2O2/c1-22-7-3-2-5(14)4-6(7)19-13(21)11-9(16)8(15)10(17)12(18)20-11/h2-4H,1H3,(H,19,21). The summed E-state index contributed by atoms with van der Waals surface area (Å²) in [5, 5.41) is 2.70. The molecule has 22 heavy (non-hydrogen) atoms. The summed E-state index contributed by atoms with van der Waals surface area (Å²) in [5.74, 6) is -0.217. The fourth-order valence-electron chi connectivity index (χ4n) is 1.60. The number of amides is 1. The molecule has 1 N–H and O–H groups in total. The van der Waals surface area contributed by atoms with E-state index in [4.69, 9.17) is 62.7 Å². The molecule has 9 heteroatoms. The predicted octanol–water partition coefficient (Wildman–Crippen LogP) is 5.61. The van der Waals surface area contributed by atoms with E-state index in [1.165, 1.54) is 13.2 Å². The van der Waals surface area contributed by atoms with Crippen molar-refractivity contribution in [3.05, 3.63) is 49.1 Å². The highest BCUT2D eigenvalue weighted by Gasteiger charge is 2.21. The summed E-state index contributed by atoms with van der Waals surface area (Å²) >= 11 is 29.4. The van der Waals surface area contributed by atoms with Crippen LogP contribution in [0, 0.1) is 0 Å². The minimum Gasteiger partial charge on any atom is -0.495 e. The van der Waals surface area contributed by atoms with E-state index in [9.17, 15) is 4.79 Å². The highest BCUT2D eigenvalue weighted by atomic mass is 35.5. The first-order valence-electron chi connectivity index (χ1n) is 5.70. The second kappa shape index (κ2) is 7.11. The number of pyridine rings is 1. The maximum Gasteiger partial charge on any atom is 0.276 e. The summed E-state index contributed by atoms with van der Waals surface area (Å²) in [6.07, 6.45) is 0. The number of halogens is 5. The van der Waals surface area contributed by atoms with Gasteiger partial charge in [-0.2, -0.15) is 0 Å². The van der Waals surface area contributed by atoms with Crippen LogP contribution < -0.4 is 10.1 Å². The molecule has 2 aromatic rings. The molecule has 1 heterocycles. The predicted molar refractivity (Wildman–Crippen MR) is 90.2 cm³/mol. The Bertz CT molecular complexity index is 752. The Morgan fingerprint density at radius 3 is 2.41 bits per heavy atom. The maximum absolute atomic E-state index is 12.3. The Morgan fingerprint density at radius 1 is 1.09 bits per heavy atom. The lowest BCUT2D eigenvalue weighted by molar-refractivity contribution is 0.102. The van der Waals surface area contributed by atoms with Gasteiger partial charge in [0.1, 0.15) is 16.6 Å². The fourth-order valence-corrected chi connectivity index (χ4v) is 2.58. The molecule has 4 nitrogen and oxygen atoms in total. The monoisotopic (exact) mass is 398 g/mol. The van der Waals surface area contributed by atoms with E-state index in [-0.39, 0.29) is 25.9 Å². The second-order valence-corrected chi connectivity index (χ2v) is 5.92. The Labute approximate surface area is 151 Å². The summed E-state index contributed by atoms with van der Waals surface area (Å²) in [4.78, 5) is 16.2. The van der Waals surface area contributed by atoms with Crippen molar-refractivity contribution in [1.29, 1.82) is 0 Å². The second-order valence-electron chi connectivity index (χ2n) is 3.99. The lowest BCUT2D eigenvalue weighted by Gasteiger charge is -2.12. The molecule has 0 bridgehead atoms. The van der Waals surface area contributed by atoms with Crippen LogP contribution >= 0.6 is 58.0 Å². The first-order valence-corrected chi connectivity index (χ1v) is 7.59. The van der Waals surface area contributed by atoms with Gasteiger partial charge in [0.25, 0.3) is 5.91 Å². The van der Waals surface area contributed by atoms with Crippen LogP contribution in [0.2, 0.25) is 25.2 Å². The number of nitrogens with one attached hydrogen (secondary N) is 1. The quantitative estimate of drug-likeness (QED) is 0.682. The zero-order valence-electron chi connectivity index (χ0n) is 10.9. The molecule has 1 aromatic carbocycles. The van der Waals surface area contributed by atoms with Crippen LogP contribution in [0.5, 0.6) is 5.75 Å². The van der Waals surface area contributed by atoms with Crippen molar-refractivity contribution < 1.29 is 9.53 Å². The smallest absolute Gasteiger partial charge is 0.276 e. The van der Waals surface area contributed by atoms with Gasteiger partial charge in [-0.15, -0.1) is 0 Å². The van der Waals surface area contributed by atoms with Gasteiger partial charge in [-0.3, -0.25) is 4.79 Å². The topological polar surface area (TPSA) is 51.2 Å². The number of ether oxygens (including phenoxy) is 1. The summed E-state index contributed by atoms with van der Waals surface area (Å²) in [6.45, 7) is 0. The molecular weight excluding hydrogens is 393 g/mol. The third-order valence-corrected chi connectivity index (χ3v) is 4.52. The van der Waals surface area contributed by atoms with Crippen LogP contribution in [0.15, 0.2) is 18.2 Å². The average Bonchev–Trinajstić information content (AvgIpc) is 2.49. The number of rotatable bonds is 3. The molecule has 0 saturated carbocycles. The van der Waals surface area contributed by atoms with Crippen LogP contribution in [-0.4, -0.2) is 18.0 Å². The fraction of sp³-hybridized carbons (Fsp3) is 0.0769. The number of carbonyl (C=O) groups excluding carboxylic acids is 1. The van der Waals surface area contributed by atoms with Crippen molar-refractivity contribution in [3.63, 3.8) is 0 Å². The van der Waals surface area contributed by atoms with Crippen molar-refractivity contribution in [2.45, 2.75) is 0 Å². The van der Waals surface area contributed by atoms with Gasteiger partial charge in [0, 0.05) is 5.02 Å². The summed E-state index contributed by atoms with van der Waals surface area (Å²) < 4.78 is 5.13. The molecule has 0 saturated heterocycles. The number of carbonyl (C=O) groups is 1. The molecule has 116 valence electrons. The Kier molecular flexibility index (Phi) is 5.64. The SMILES string of the molecule is COc1ccc(Cl)cc1NC(=O)c1nc(Cl)c(Cl)c(Cl)c1Cl. The van der Waals surface area contributed by atoms with Crippen molar-refractivity contribution in [2.75, 3.05) is 12.4 Å². The van der Waals surface area contributed by atoms with Crippen molar-refractivity contribution in [1.82, 2.24) is 4.98 Å². The molecule has 0 fully saturated rings. The zero-order valence-corrected chi connectivity index (χ0v) is 14.7. The zero-order chi connectivity index (χ0) is 16.4. The highest BCUT2D eigenvalue weighted by Crippen LogP contribution is 2.36. The van der Waals surface area contributed by atoms with Gasteiger partial charge >= 0.3 is 0 Å². The summed E-state index contributed by atoms with van der Waals surface area (Å²) in [5.41, 5.74) is 0.183. The first-order chi connectivity index (χ1) is 10.3. The number of anilines is 1. The lowest BCUT2D eigenvalue weighted by Crippen LogP contribution is -2.15. The third-order valence-electron chi connectivity index (χ3n) is 2.61. The number of aromatic nitrogens is 1. The molecule has 0 aliphatic carbocycles. The Morgan fingerprint density at radius 2 is 1.77 bits per heavy atom. The number of hydrogen-bond acceptors (Lipinski definition) is 3. The molecule has 0 aliphatic rings. The van der Waals surface area contributed by atoms with Gasteiger partial charge in [-0.1, -0.05) is 58.0 Å². The van der Waals surface area contributed by atoms with E-state index in [2.05, 4.69) is 10.3 Å². The highest BCUT2D eigenvalue weighted by molar-refractivity contribution is 6.52. The average molecular weight is 400 g/mol. The van der Waals surface area contributed by atoms with Gasteiger partial charge in [0.05, 0.1) is 27.9 Å². The molecule has 0 atom stereocenters. The van der Waals surface area contributed by atoms with E-state index < -0.39 is 5.91 Å². The molecule has 0 radical (unpaired) electrons. The van der Waals surface area contributed by atoms with E-state index in [0.29, 0.717) is 16.5 Å². The van der Waals surface area contributed by atoms with Crippen LogP contribution in [0.1, 0.15) is 10.5 Å².